The smallest absolute Gasteiger partial charge is 0.294 e. The number of likely N-dealkylation sites (N-methyl/N-ethyl adjacent to an activating group) is 1. The molecule has 1 aliphatic heterocycles. The lowest BCUT2D eigenvalue weighted by atomic mass is 10.1. The standard InChI is InChI=1S/C18H24N2O4S/c1-19-8-10-20(11-9-19)7-2-12-24-17-5-3-15-4-6-18(25(21,22)23)14-16(15)13-17/h3-6,13-14H,2,7-12H2,1H3,(H,21,22,23). The number of fused-ring (bicyclic) bond motifs is 1. The molecule has 1 heterocycles. The first kappa shape index (κ1) is 18.1. The highest BCUT2D eigenvalue weighted by atomic mass is 32.2. The Hall–Kier alpha value is -1.67. The van der Waals surface area contributed by atoms with Crippen LogP contribution in [0.25, 0.3) is 10.8 Å². The Morgan fingerprint density at radius 3 is 2.48 bits per heavy atom. The van der Waals surface area contributed by atoms with E-state index in [1.807, 2.05) is 12.1 Å². The average molecular weight is 364 g/mol. The molecule has 0 atom stereocenters. The largest absolute Gasteiger partial charge is 0.494 e. The van der Waals surface area contributed by atoms with Crippen molar-refractivity contribution >= 4 is 20.9 Å². The van der Waals surface area contributed by atoms with Crippen molar-refractivity contribution < 1.29 is 17.7 Å². The zero-order valence-corrected chi connectivity index (χ0v) is 15.2. The third-order valence-corrected chi connectivity index (χ3v) is 5.41. The summed E-state index contributed by atoms with van der Waals surface area (Å²) in [6.07, 6.45) is 0.951. The minimum absolute atomic E-state index is 0.104. The number of hydrogen-bond acceptors (Lipinski definition) is 5. The molecule has 7 heteroatoms. The average Bonchev–Trinajstić information content (AvgIpc) is 2.59. The molecule has 3 rings (SSSR count). The highest BCUT2D eigenvalue weighted by Crippen LogP contribution is 2.24. The van der Waals surface area contributed by atoms with Crippen molar-refractivity contribution in [3.8, 4) is 5.75 Å². The lowest BCUT2D eigenvalue weighted by Crippen LogP contribution is -2.44. The van der Waals surface area contributed by atoms with Crippen LogP contribution in [-0.2, 0) is 10.1 Å². The number of rotatable bonds is 6. The molecule has 1 aliphatic rings. The van der Waals surface area contributed by atoms with E-state index in [4.69, 9.17) is 9.29 Å². The van der Waals surface area contributed by atoms with Crippen molar-refractivity contribution in [1.29, 1.82) is 0 Å². The van der Waals surface area contributed by atoms with Crippen molar-refractivity contribution in [2.24, 2.45) is 0 Å². The van der Waals surface area contributed by atoms with Gasteiger partial charge in [-0.25, -0.2) is 0 Å². The van der Waals surface area contributed by atoms with Gasteiger partial charge in [0.25, 0.3) is 10.1 Å². The summed E-state index contributed by atoms with van der Waals surface area (Å²) >= 11 is 0. The molecule has 2 aromatic carbocycles. The summed E-state index contributed by atoms with van der Waals surface area (Å²) < 4.78 is 37.5. The third-order valence-electron chi connectivity index (χ3n) is 4.56. The zero-order valence-electron chi connectivity index (χ0n) is 14.4. The van der Waals surface area contributed by atoms with Crippen molar-refractivity contribution in [2.45, 2.75) is 11.3 Å². The Kier molecular flexibility index (Phi) is 5.58. The molecule has 0 bridgehead atoms. The Bertz CT molecular complexity index is 830. The topological polar surface area (TPSA) is 70.1 Å². The van der Waals surface area contributed by atoms with Gasteiger partial charge in [-0.3, -0.25) is 4.55 Å². The Morgan fingerprint density at radius 2 is 1.76 bits per heavy atom. The van der Waals surface area contributed by atoms with Crippen LogP contribution in [-0.4, -0.2) is 69.1 Å². The van der Waals surface area contributed by atoms with Crippen molar-refractivity contribution in [2.75, 3.05) is 46.4 Å². The second-order valence-corrected chi connectivity index (χ2v) is 7.91. The molecule has 2 aromatic rings. The lowest BCUT2D eigenvalue weighted by Gasteiger charge is -2.32. The third kappa shape index (κ3) is 4.92. The molecule has 0 saturated carbocycles. The molecule has 25 heavy (non-hydrogen) atoms. The van der Waals surface area contributed by atoms with Crippen LogP contribution in [0, 0.1) is 0 Å². The molecule has 0 aliphatic carbocycles. The van der Waals surface area contributed by atoms with Gasteiger partial charge >= 0.3 is 0 Å². The first-order chi connectivity index (χ1) is 11.9. The van der Waals surface area contributed by atoms with E-state index in [1.165, 1.54) is 12.1 Å². The molecule has 0 amide bonds. The van der Waals surface area contributed by atoms with Crippen LogP contribution in [0.5, 0.6) is 5.75 Å². The summed E-state index contributed by atoms with van der Waals surface area (Å²) in [4.78, 5) is 4.68. The maximum Gasteiger partial charge on any atom is 0.294 e. The van der Waals surface area contributed by atoms with Crippen LogP contribution >= 0.6 is 0 Å². The summed E-state index contributed by atoms with van der Waals surface area (Å²) in [6.45, 7) is 6.07. The monoisotopic (exact) mass is 364 g/mol. The van der Waals surface area contributed by atoms with Crippen LogP contribution < -0.4 is 4.74 Å². The Labute approximate surface area is 148 Å². The summed E-state index contributed by atoms with van der Waals surface area (Å²) in [5.74, 6) is 0.707. The van der Waals surface area contributed by atoms with E-state index in [1.54, 1.807) is 12.1 Å². The van der Waals surface area contributed by atoms with Crippen LogP contribution in [0.15, 0.2) is 41.3 Å². The number of benzene rings is 2. The second kappa shape index (κ2) is 7.70. The highest BCUT2D eigenvalue weighted by molar-refractivity contribution is 7.85. The van der Waals surface area contributed by atoms with E-state index in [2.05, 4.69) is 16.8 Å². The molecule has 0 radical (unpaired) electrons. The minimum atomic E-state index is -4.19. The van der Waals surface area contributed by atoms with Crippen LogP contribution in [0.1, 0.15) is 6.42 Å². The van der Waals surface area contributed by atoms with Gasteiger partial charge in [0, 0.05) is 32.7 Å². The molecule has 136 valence electrons. The molecule has 0 unspecified atom stereocenters. The first-order valence-corrected chi connectivity index (χ1v) is 9.91. The minimum Gasteiger partial charge on any atom is -0.494 e. The maximum absolute atomic E-state index is 11.3. The number of piperazine rings is 1. The predicted octanol–water partition coefficient (Wildman–Crippen LogP) is 2.10. The van der Waals surface area contributed by atoms with E-state index < -0.39 is 10.1 Å². The van der Waals surface area contributed by atoms with Gasteiger partial charge in [0.2, 0.25) is 0 Å². The van der Waals surface area contributed by atoms with Crippen molar-refractivity contribution in [3.63, 3.8) is 0 Å². The van der Waals surface area contributed by atoms with Gasteiger partial charge in [0.15, 0.2) is 0 Å². The second-order valence-electron chi connectivity index (χ2n) is 6.49. The fourth-order valence-electron chi connectivity index (χ4n) is 3.00. The molecule has 1 fully saturated rings. The van der Waals surface area contributed by atoms with E-state index in [9.17, 15) is 8.42 Å². The van der Waals surface area contributed by atoms with Crippen LogP contribution in [0.2, 0.25) is 0 Å². The lowest BCUT2D eigenvalue weighted by molar-refractivity contribution is 0.145. The van der Waals surface area contributed by atoms with Gasteiger partial charge < -0.3 is 14.5 Å². The van der Waals surface area contributed by atoms with Gasteiger partial charge in [-0.15, -0.1) is 0 Å². The van der Waals surface area contributed by atoms with Gasteiger partial charge in [0.05, 0.1) is 11.5 Å². The van der Waals surface area contributed by atoms with Crippen molar-refractivity contribution in [3.05, 3.63) is 36.4 Å². The van der Waals surface area contributed by atoms with Gasteiger partial charge in [-0.2, -0.15) is 8.42 Å². The predicted molar refractivity (Wildman–Crippen MR) is 97.8 cm³/mol. The normalized spacial score (nSPS) is 17.0. The Morgan fingerprint density at radius 1 is 1.04 bits per heavy atom. The summed E-state index contributed by atoms with van der Waals surface area (Å²) in [5.41, 5.74) is 0. The quantitative estimate of drug-likeness (QED) is 0.625. The van der Waals surface area contributed by atoms with Crippen LogP contribution in [0.4, 0.5) is 0 Å². The van der Waals surface area contributed by atoms with Crippen molar-refractivity contribution in [1.82, 2.24) is 9.80 Å². The van der Waals surface area contributed by atoms with E-state index in [-0.39, 0.29) is 4.90 Å². The fourth-order valence-corrected chi connectivity index (χ4v) is 3.52. The van der Waals surface area contributed by atoms with E-state index in [0.717, 1.165) is 49.9 Å². The van der Waals surface area contributed by atoms with Crippen LogP contribution in [0.3, 0.4) is 0 Å². The van der Waals surface area contributed by atoms with E-state index in [0.29, 0.717) is 12.4 Å². The van der Waals surface area contributed by atoms with E-state index >= 15 is 0 Å². The SMILES string of the molecule is CN1CCN(CCCOc2ccc3ccc(S(=O)(=O)O)cc3c2)CC1. The van der Waals surface area contributed by atoms with Gasteiger partial charge in [-0.05, 0) is 48.5 Å². The molecule has 0 aromatic heterocycles. The van der Waals surface area contributed by atoms with Gasteiger partial charge in [0.1, 0.15) is 5.75 Å². The zero-order chi connectivity index (χ0) is 17.9. The molecule has 1 N–H and O–H groups in total. The molecule has 6 nitrogen and oxygen atoms in total. The molecule has 0 spiro atoms. The number of nitrogens with zero attached hydrogens (tertiary/aromatic N) is 2. The number of ether oxygens (including phenoxy) is 1. The van der Waals surface area contributed by atoms with Gasteiger partial charge in [-0.1, -0.05) is 12.1 Å². The fraction of sp³-hybridized carbons (Fsp3) is 0.444. The molecule has 1 saturated heterocycles. The Balaban J connectivity index is 1.56. The summed E-state index contributed by atoms with van der Waals surface area (Å²) in [7, 11) is -2.05. The number of hydrogen-bond donors (Lipinski definition) is 1. The molecular weight excluding hydrogens is 340 g/mol. The highest BCUT2D eigenvalue weighted by Gasteiger charge is 2.13. The summed E-state index contributed by atoms with van der Waals surface area (Å²) in [5, 5.41) is 1.63. The summed E-state index contributed by atoms with van der Waals surface area (Å²) in [6, 6.07) is 10.1. The molecular formula is C18H24N2O4S. The first-order valence-electron chi connectivity index (χ1n) is 8.47. The maximum atomic E-state index is 11.3.